The van der Waals surface area contributed by atoms with Crippen molar-refractivity contribution in [1.29, 1.82) is 5.26 Å². The predicted molar refractivity (Wildman–Crippen MR) is 59.2 cm³/mol. The second-order valence-corrected chi connectivity index (χ2v) is 2.99. The Balaban J connectivity index is 2.56. The number of pyridine rings is 1. The number of carbonyl (C=O) groups is 1. The Labute approximate surface area is 94.2 Å². The Kier molecular flexibility index (Phi) is 4.74. The first kappa shape index (κ1) is 11.9. The van der Waals surface area contributed by atoms with Gasteiger partial charge >= 0.3 is 5.97 Å². The van der Waals surface area contributed by atoms with Crippen LogP contribution in [0.25, 0.3) is 6.08 Å². The third kappa shape index (κ3) is 3.93. The second-order valence-electron chi connectivity index (χ2n) is 2.99. The first-order valence-electron chi connectivity index (χ1n) is 4.94. The standard InChI is InChI=1S/C12H12N2O2/c1-2-16-12(15)5-3-4-11-8-10(9-13)6-7-14-11/h3-4,6-8H,2,5H2,1H3. The summed E-state index contributed by atoms with van der Waals surface area (Å²) in [7, 11) is 0. The number of ether oxygens (including phenoxy) is 1. The molecule has 0 aromatic carbocycles. The maximum absolute atomic E-state index is 11.0. The van der Waals surface area contributed by atoms with Crippen LogP contribution in [0.2, 0.25) is 0 Å². The average Bonchev–Trinajstić information content (AvgIpc) is 2.30. The van der Waals surface area contributed by atoms with Crippen molar-refractivity contribution >= 4 is 12.0 Å². The maximum atomic E-state index is 11.0. The third-order valence-electron chi connectivity index (χ3n) is 1.79. The number of hydrogen-bond acceptors (Lipinski definition) is 4. The molecule has 0 aliphatic heterocycles. The summed E-state index contributed by atoms with van der Waals surface area (Å²) < 4.78 is 4.76. The van der Waals surface area contributed by atoms with Crippen LogP contribution in [0.4, 0.5) is 0 Å². The van der Waals surface area contributed by atoms with E-state index >= 15 is 0 Å². The molecule has 0 saturated heterocycles. The fraction of sp³-hybridized carbons (Fsp3) is 0.250. The first-order chi connectivity index (χ1) is 7.76. The summed E-state index contributed by atoms with van der Waals surface area (Å²) in [5.41, 5.74) is 1.20. The van der Waals surface area contributed by atoms with Crippen molar-refractivity contribution in [3.05, 3.63) is 35.7 Å². The molecule has 0 bridgehead atoms. The minimum atomic E-state index is -0.268. The summed E-state index contributed by atoms with van der Waals surface area (Å²) in [5.74, 6) is -0.268. The maximum Gasteiger partial charge on any atom is 0.309 e. The van der Waals surface area contributed by atoms with Gasteiger partial charge in [0.05, 0.1) is 30.4 Å². The number of nitriles is 1. The zero-order valence-electron chi connectivity index (χ0n) is 9.01. The third-order valence-corrected chi connectivity index (χ3v) is 1.79. The van der Waals surface area contributed by atoms with E-state index in [9.17, 15) is 4.79 Å². The molecule has 16 heavy (non-hydrogen) atoms. The largest absolute Gasteiger partial charge is 0.466 e. The van der Waals surface area contributed by atoms with Crippen LogP contribution >= 0.6 is 0 Å². The minimum absolute atomic E-state index is 0.215. The van der Waals surface area contributed by atoms with Gasteiger partial charge in [0.15, 0.2) is 0 Å². The summed E-state index contributed by atoms with van der Waals surface area (Å²) in [5, 5.41) is 8.67. The number of carbonyl (C=O) groups excluding carboxylic acids is 1. The van der Waals surface area contributed by atoms with Crippen molar-refractivity contribution in [3.8, 4) is 6.07 Å². The van der Waals surface area contributed by atoms with Crippen LogP contribution in [-0.4, -0.2) is 17.6 Å². The molecule has 1 rings (SSSR count). The van der Waals surface area contributed by atoms with Crippen LogP contribution in [0.5, 0.6) is 0 Å². The Morgan fingerprint density at radius 2 is 2.50 bits per heavy atom. The van der Waals surface area contributed by atoms with Gasteiger partial charge in [-0.15, -0.1) is 0 Å². The molecule has 0 aliphatic rings. The molecule has 0 radical (unpaired) electrons. The summed E-state index contributed by atoms with van der Waals surface area (Å²) in [4.78, 5) is 15.1. The monoisotopic (exact) mass is 216 g/mol. The van der Waals surface area contributed by atoms with Crippen LogP contribution in [0.1, 0.15) is 24.6 Å². The minimum Gasteiger partial charge on any atom is -0.466 e. The van der Waals surface area contributed by atoms with E-state index < -0.39 is 0 Å². The molecule has 4 nitrogen and oxygen atoms in total. The van der Waals surface area contributed by atoms with Gasteiger partial charge in [-0.25, -0.2) is 0 Å². The van der Waals surface area contributed by atoms with Crippen molar-refractivity contribution in [3.63, 3.8) is 0 Å². The number of rotatable bonds is 4. The SMILES string of the molecule is CCOC(=O)CC=Cc1cc(C#N)ccn1. The molecule has 0 atom stereocenters. The Bertz CT molecular complexity index is 433. The van der Waals surface area contributed by atoms with E-state index in [1.54, 1.807) is 37.4 Å². The molecule has 1 heterocycles. The van der Waals surface area contributed by atoms with E-state index in [-0.39, 0.29) is 12.4 Å². The van der Waals surface area contributed by atoms with Crippen LogP contribution < -0.4 is 0 Å². The van der Waals surface area contributed by atoms with E-state index in [1.807, 2.05) is 6.07 Å². The molecule has 0 saturated carbocycles. The lowest BCUT2D eigenvalue weighted by atomic mass is 10.2. The molecule has 0 amide bonds. The van der Waals surface area contributed by atoms with Crippen molar-refractivity contribution in [2.45, 2.75) is 13.3 Å². The summed E-state index contributed by atoms with van der Waals surface area (Å²) in [6.07, 6.45) is 5.13. The zero-order valence-corrected chi connectivity index (χ0v) is 9.01. The lowest BCUT2D eigenvalue weighted by molar-refractivity contribution is -0.142. The van der Waals surface area contributed by atoms with Gasteiger partial charge in [-0.3, -0.25) is 9.78 Å². The van der Waals surface area contributed by atoms with E-state index in [0.717, 1.165) is 0 Å². The molecule has 4 heteroatoms. The number of esters is 1. The molecule has 0 unspecified atom stereocenters. The molecular formula is C12H12N2O2. The van der Waals surface area contributed by atoms with Gasteiger partial charge in [-0.05, 0) is 25.1 Å². The summed E-state index contributed by atoms with van der Waals surface area (Å²) in [6, 6.07) is 5.30. The van der Waals surface area contributed by atoms with E-state index in [1.165, 1.54) is 0 Å². The highest BCUT2D eigenvalue weighted by Crippen LogP contribution is 2.03. The van der Waals surface area contributed by atoms with Crippen molar-refractivity contribution in [2.75, 3.05) is 6.61 Å². The van der Waals surface area contributed by atoms with Crippen molar-refractivity contribution < 1.29 is 9.53 Å². The van der Waals surface area contributed by atoms with Crippen molar-refractivity contribution in [1.82, 2.24) is 4.98 Å². The summed E-state index contributed by atoms with van der Waals surface area (Å²) >= 11 is 0. The highest BCUT2D eigenvalue weighted by atomic mass is 16.5. The lowest BCUT2D eigenvalue weighted by Crippen LogP contribution is -2.01. The summed E-state index contributed by atoms with van der Waals surface area (Å²) in [6.45, 7) is 2.15. The van der Waals surface area contributed by atoms with Crippen molar-refractivity contribution in [2.24, 2.45) is 0 Å². The topological polar surface area (TPSA) is 63.0 Å². The van der Waals surface area contributed by atoms with Gasteiger partial charge in [0.25, 0.3) is 0 Å². The quantitative estimate of drug-likeness (QED) is 0.721. The number of nitrogens with zero attached hydrogens (tertiary/aromatic N) is 2. The van der Waals surface area contributed by atoms with E-state index in [0.29, 0.717) is 17.9 Å². The number of aromatic nitrogens is 1. The van der Waals surface area contributed by atoms with Gasteiger partial charge in [0.1, 0.15) is 0 Å². The average molecular weight is 216 g/mol. The zero-order chi connectivity index (χ0) is 11.8. The molecule has 82 valence electrons. The Hall–Kier alpha value is -2.15. The normalized spacial score (nSPS) is 10.0. The highest BCUT2D eigenvalue weighted by molar-refractivity contribution is 5.72. The van der Waals surface area contributed by atoms with E-state index in [4.69, 9.17) is 10.00 Å². The number of hydrogen-bond donors (Lipinski definition) is 0. The van der Waals surface area contributed by atoms with Gasteiger partial charge in [0, 0.05) is 6.20 Å². The smallest absolute Gasteiger partial charge is 0.309 e. The highest BCUT2D eigenvalue weighted by Gasteiger charge is 1.97. The van der Waals surface area contributed by atoms with Gasteiger partial charge in [-0.1, -0.05) is 6.08 Å². The predicted octanol–water partition coefficient (Wildman–Crippen LogP) is 1.92. The molecule has 1 aromatic heterocycles. The molecule has 0 N–H and O–H groups in total. The van der Waals surface area contributed by atoms with Crippen LogP contribution in [0, 0.1) is 11.3 Å². The Morgan fingerprint density at radius 1 is 1.69 bits per heavy atom. The van der Waals surface area contributed by atoms with Gasteiger partial charge < -0.3 is 4.74 Å². The second kappa shape index (κ2) is 6.36. The van der Waals surface area contributed by atoms with Crippen LogP contribution in [-0.2, 0) is 9.53 Å². The van der Waals surface area contributed by atoms with E-state index in [2.05, 4.69) is 4.98 Å². The fourth-order valence-electron chi connectivity index (χ4n) is 1.10. The van der Waals surface area contributed by atoms with Crippen LogP contribution in [0.15, 0.2) is 24.4 Å². The van der Waals surface area contributed by atoms with Gasteiger partial charge in [-0.2, -0.15) is 5.26 Å². The molecular weight excluding hydrogens is 204 g/mol. The fourth-order valence-corrected chi connectivity index (χ4v) is 1.10. The molecule has 1 aromatic rings. The molecule has 0 fully saturated rings. The Morgan fingerprint density at radius 3 is 3.19 bits per heavy atom. The lowest BCUT2D eigenvalue weighted by Gasteiger charge is -1.96. The molecule has 0 spiro atoms. The molecule has 0 aliphatic carbocycles. The van der Waals surface area contributed by atoms with Crippen LogP contribution in [0.3, 0.4) is 0 Å². The first-order valence-corrected chi connectivity index (χ1v) is 4.94. The van der Waals surface area contributed by atoms with Gasteiger partial charge in [0.2, 0.25) is 0 Å².